The lowest BCUT2D eigenvalue weighted by molar-refractivity contribution is -0.140. The summed E-state index contributed by atoms with van der Waals surface area (Å²) in [6, 6.07) is 14.5. The minimum absolute atomic E-state index is 0.00164. The van der Waals surface area contributed by atoms with Crippen molar-refractivity contribution in [2.45, 2.75) is 39.0 Å². The fourth-order valence-electron chi connectivity index (χ4n) is 3.37. The zero-order valence-corrected chi connectivity index (χ0v) is 17.5. The summed E-state index contributed by atoms with van der Waals surface area (Å²) in [5, 5.41) is 0.633. The molecule has 0 spiro atoms. The molecule has 0 aromatic heterocycles. The van der Waals surface area contributed by atoms with Crippen molar-refractivity contribution < 1.29 is 17.9 Å². The predicted molar refractivity (Wildman–Crippen MR) is 110 cm³/mol. The van der Waals surface area contributed by atoms with Crippen LogP contribution in [0.4, 0.5) is 0 Å². The molecule has 1 heterocycles. The summed E-state index contributed by atoms with van der Waals surface area (Å²) in [6.07, 6.45) is -0.291. The van der Waals surface area contributed by atoms with E-state index in [-0.39, 0.29) is 23.5 Å². The van der Waals surface area contributed by atoms with Crippen LogP contribution in [0.25, 0.3) is 0 Å². The van der Waals surface area contributed by atoms with Crippen molar-refractivity contribution in [1.29, 1.82) is 0 Å². The number of hydrogen-bond acceptors (Lipinski definition) is 4. The second-order valence-electron chi connectivity index (χ2n) is 7.18. The van der Waals surface area contributed by atoms with Crippen LogP contribution in [0.3, 0.4) is 0 Å². The molecule has 1 aliphatic heterocycles. The van der Waals surface area contributed by atoms with Gasteiger partial charge in [-0.15, -0.1) is 0 Å². The van der Waals surface area contributed by atoms with Crippen molar-refractivity contribution in [3.63, 3.8) is 0 Å². The number of rotatable bonds is 6. The van der Waals surface area contributed by atoms with Crippen LogP contribution in [-0.2, 0) is 21.2 Å². The molecule has 0 N–H and O–H groups in total. The van der Waals surface area contributed by atoms with E-state index in [9.17, 15) is 13.2 Å². The number of halogens is 1. The van der Waals surface area contributed by atoms with E-state index in [1.807, 2.05) is 37.3 Å². The fourth-order valence-corrected chi connectivity index (χ4v) is 5.22. The molecule has 5 nitrogen and oxygen atoms in total. The van der Waals surface area contributed by atoms with Crippen molar-refractivity contribution in [3.8, 4) is 5.75 Å². The molecule has 28 heavy (non-hydrogen) atoms. The molecule has 1 fully saturated rings. The van der Waals surface area contributed by atoms with E-state index in [2.05, 4.69) is 0 Å². The molecular weight excluding hydrogens is 398 g/mol. The largest absolute Gasteiger partial charge is 0.481 e. The van der Waals surface area contributed by atoms with Gasteiger partial charge in [-0.1, -0.05) is 41.9 Å². The SMILES string of the molecule is Cc1cc(O[C@H](C)C(=O)N(Cc2ccccc2)[C@H]2CCS(=O)(=O)C2)ccc1Cl. The van der Waals surface area contributed by atoms with Gasteiger partial charge in [0.2, 0.25) is 0 Å². The Hall–Kier alpha value is -2.05. The third-order valence-corrected chi connectivity index (χ3v) is 7.09. The zero-order valence-electron chi connectivity index (χ0n) is 16.0. The maximum absolute atomic E-state index is 13.2. The maximum atomic E-state index is 13.2. The summed E-state index contributed by atoms with van der Waals surface area (Å²) in [6.45, 7) is 3.91. The number of ether oxygens (including phenoxy) is 1. The highest BCUT2D eigenvalue weighted by Crippen LogP contribution is 2.24. The monoisotopic (exact) mass is 421 g/mol. The summed E-state index contributed by atoms with van der Waals surface area (Å²) < 4.78 is 29.8. The average Bonchev–Trinajstić information content (AvgIpc) is 3.02. The molecule has 1 amide bonds. The van der Waals surface area contributed by atoms with Crippen molar-refractivity contribution in [2.24, 2.45) is 0 Å². The standard InChI is InChI=1S/C21H24ClNO4S/c1-15-12-19(8-9-20(15)22)27-16(2)21(24)23(13-17-6-4-3-5-7-17)18-10-11-28(25,26)14-18/h3-9,12,16,18H,10-11,13-14H2,1-2H3/t16-,18+/m1/s1. The van der Waals surface area contributed by atoms with E-state index in [1.54, 1.807) is 30.0 Å². The van der Waals surface area contributed by atoms with Gasteiger partial charge < -0.3 is 9.64 Å². The van der Waals surface area contributed by atoms with Crippen LogP contribution in [0.15, 0.2) is 48.5 Å². The van der Waals surface area contributed by atoms with Crippen molar-refractivity contribution in [1.82, 2.24) is 4.90 Å². The first-order valence-corrected chi connectivity index (χ1v) is 11.4. The Balaban J connectivity index is 1.79. The number of carbonyl (C=O) groups excluding carboxylic acids is 1. The molecular formula is C21H24ClNO4S. The molecule has 150 valence electrons. The quantitative estimate of drug-likeness (QED) is 0.714. The van der Waals surface area contributed by atoms with E-state index in [1.165, 1.54) is 0 Å². The Kier molecular flexibility index (Phi) is 6.30. The van der Waals surface area contributed by atoms with Gasteiger partial charge in [-0.05, 0) is 49.6 Å². The van der Waals surface area contributed by atoms with Gasteiger partial charge in [0.15, 0.2) is 15.9 Å². The topological polar surface area (TPSA) is 63.7 Å². The first-order valence-electron chi connectivity index (χ1n) is 9.23. The van der Waals surface area contributed by atoms with E-state index in [4.69, 9.17) is 16.3 Å². The van der Waals surface area contributed by atoms with Gasteiger partial charge >= 0.3 is 0 Å². The van der Waals surface area contributed by atoms with Gasteiger partial charge in [0.1, 0.15) is 5.75 Å². The molecule has 0 aliphatic carbocycles. The van der Waals surface area contributed by atoms with Gasteiger partial charge in [0, 0.05) is 17.6 Å². The summed E-state index contributed by atoms with van der Waals surface area (Å²) in [7, 11) is -3.11. The predicted octanol–water partition coefficient (Wildman–Crippen LogP) is 3.63. The van der Waals surface area contributed by atoms with E-state index in [0.717, 1.165) is 11.1 Å². The first-order chi connectivity index (χ1) is 13.2. The number of amides is 1. The number of hydrogen-bond donors (Lipinski definition) is 0. The van der Waals surface area contributed by atoms with Crippen LogP contribution in [0.2, 0.25) is 5.02 Å². The second kappa shape index (κ2) is 8.53. The van der Waals surface area contributed by atoms with E-state index >= 15 is 0 Å². The van der Waals surface area contributed by atoms with E-state index < -0.39 is 15.9 Å². The fraction of sp³-hybridized carbons (Fsp3) is 0.381. The highest BCUT2D eigenvalue weighted by atomic mass is 35.5. The molecule has 0 bridgehead atoms. The van der Waals surface area contributed by atoms with Crippen LogP contribution in [0.5, 0.6) is 5.75 Å². The zero-order chi connectivity index (χ0) is 20.3. The molecule has 0 radical (unpaired) electrons. The number of aryl methyl sites for hydroxylation is 1. The summed E-state index contributed by atoms with van der Waals surface area (Å²) >= 11 is 6.05. The number of nitrogens with zero attached hydrogens (tertiary/aromatic N) is 1. The molecule has 7 heteroatoms. The molecule has 0 saturated carbocycles. The molecule has 2 aromatic carbocycles. The Labute approximate surface area is 171 Å². The lowest BCUT2D eigenvalue weighted by atomic mass is 10.1. The number of carbonyl (C=O) groups is 1. The Morgan fingerprint density at radius 2 is 1.96 bits per heavy atom. The lowest BCUT2D eigenvalue weighted by Crippen LogP contribution is -2.46. The van der Waals surface area contributed by atoms with Gasteiger partial charge in [0.05, 0.1) is 11.5 Å². The minimum Gasteiger partial charge on any atom is -0.481 e. The Morgan fingerprint density at radius 1 is 1.25 bits per heavy atom. The van der Waals surface area contributed by atoms with Gasteiger partial charge in [-0.3, -0.25) is 4.79 Å². The summed E-state index contributed by atoms with van der Waals surface area (Å²) in [4.78, 5) is 14.8. The normalized spacial score (nSPS) is 19.2. The highest BCUT2D eigenvalue weighted by Gasteiger charge is 2.36. The molecule has 2 aromatic rings. The smallest absolute Gasteiger partial charge is 0.263 e. The molecule has 2 atom stereocenters. The van der Waals surface area contributed by atoms with Gasteiger partial charge in [-0.2, -0.15) is 0 Å². The van der Waals surface area contributed by atoms with Crippen LogP contribution in [0.1, 0.15) is 24.5 Å². The summed E-state index contributed by atoms with van der Waals surface area (Å²) in [5.41, 5.74) is 1.82. The van der Waals surface area contributed by atoms with Crippen LogP contribution in [-0.4, -0.2) is 42.9 Å². The van der Waals surface area contributed by atoms with Gasteiger partial charge in [-0.25, -0.2) is 8.42 Å². The summed E-state index contributed by atoms with van der Waals surface area (Å²) in [5.74, 6) is 0.445. The molecule has 3 rings (SSSR count). The minimum atomic E-state index is -3.11. The van der Waals surface area contributed by atoms with Crippen molar-refractivity contribution in [2.75, 3.05) is 11.5 Å². The van der Waals surface area contributed by atoms with Crippen molar-refractivity contribution in [3.05, 3.63) is 64.7 Å². The van der Waals surface area contributed by atoms with Gasteiger partial charge in [0.25, 0.3) is 5.91 Å². The molecule has 1 aliphatic rings. The maximum Gasteiger partial charge on any atom is 0.263 e. The Bertz CT molecular complexity index is 946. The third-order valence-electron chi connectivity index (χ3n) is 4.92. The molecule has 1 saturated heterocycles. The lowest BCUT2D eigenvalue weighted by Gasteiger charge is -2.31. The first kappa shape index (κ1) is 20.7. The number of benzene rings is 2. The highest BCUT2D eigenvalue weighted by molar-refractivity contribution is 7.91. The van der Waals surface area contributed by atoms with Crippen LogP contribution < -0.4 is 4.74 Å². The Morgan fingerprint density at radius 3 is 2.57 bits per heavy atom. The van der Waals surface area contributed by atoms with Crippen molar-refractivity contribution >= 4 is 27.3 Å². The molecule has 0 unspecified atom stereocenters. The second-order valence-corrected chi connectivity index (χ2v) is 9.82. The van der Waals surface area contributed by atoms with Crippen LogP contribution in [0, 0.1) is 6.92 Å². The van der Waals surface area contributed by atoms with Crippen LogP contribution >= 0.6 is 11.6 Å². The van der Waals surface area contributed by atoms with E-state index in [0.29, 0.717) is 23.7 Å². The average molecular weight is 422 g/mol. The third kappa shape index (κ3) is 5.06. The number of sulfone groups is 1.